The van der Waals surface area contributed by atoms with Crippen molar-refractivity contribution in [3.8, 4) is 5.88 Å². The smallest absolute Gasteiger partial charge is 0.214 e. The van der Waals surface area contributed by atoms with E-state index in [0.717, 1.165) is 6.29 Å². The zero-order valence-corrected chi connectivity index (χ0v) is 11.0. The van der Waals surface area contributed by atoms with Crippen molar-refractivity contribution in [1.29, 1.82) is 0 Å². The largest absolute Gasteiger partial charge is 0.475 e. The second-order valence-electron chi connectivity index (χ2n) is 2.83. The molecule has 0 N–H and O–H groups in total. The molecule has 1 heterocycles. The van der Waals surface area contributed by atoms with Gasteiger partial charge in [0.05, 0.1) is 6.10 Å². The van der Waals surface area contributed by atoms with Crippen LogP contribution in [0.1, 0.15) is 38.1 Å². The van der Waals surface area contributed by atoms with Crippen molar-refractivity contribution in [2.45, 2.75) is 33.8 Å². The molecule has 0 unspecified atom stereocenters. The van der Waals surface area contributed by atoms with Crippen LogP contribution in [0, 0.1) is 0 Å². The molecule has 0 bridgehead atoms. The summed E-state index contributed by atoms with van der Waals surface area (Å²) in [5.41, 5.74) is 0.547. The maximum Gasteiger partial charge on any atom is 0.214 e. The molecule has 1 aromatic rings. The summed E-state index contributed by atoms with van der Waals surface area (Å²) in [6, 6.07) is 1.61. The molecule has 1 aromatic heterocycles. The minimum atomic E-state index is 0.0631. The van der Waals surface area contributed by atoms with Crippen LogP contribution in [0.15, 0.2) is 16.7 Å². The third kappa shape index (κ3) is 4.93. The van der Waals surface area contributed by atoms with Crippen molar-refractivity contribution in [1.82, 2.24) is 4.98 Å². The molecule has 0 saturated heterocycles. The Morgan fingerprint density at radius 2 is 2.07 bits per heavy atom. The van der Waals surface area contributed by atoms with Crippen LogP contribution in [0.25, 0.3) is 0 Å². The Morgan fingerprint density at radius 3 is 2.53 bits per heavy atom. The van der Waals surface area contributed by atoms with Gasteiger partial charge in [-0.25, -0.2) is 4.98 Å². The van der Waals surface area contributed by atoms with Gasteiger partial charge >= 0.3 is 0 Å². The highest BCUT2D eigenvalue weighted by atomic mass is 79.9. The van der Waals surface area contributed by atoms with Crippen LogP contribution in [0.4, 0.5) is 0 Å². The first kappa shape index (κ1) is 14.1. The first-order valence-electron chi connectivity index (χ1n) is 4.91. The lowest BCUT2D eigenvalue weighted by Gasteiger charge is -2.08. The molecule has 15 heavy (non-hydrogen) atoms. The number of rotatable bonds is 3. The van der Waals surface area contributed by atoms with E-state index in [1.54, 1.807) is 12.3 Å². The van der Waals surface area contributed by atoms with Crippen LogP contribution in [-0.4, -0.2) is 17.4 Å². The molecule has 3 nitrogen and oxygen atoms in total. The van der Waals surface area contributed by atoms with E-state index in [-0.39, 0.29) is 6.10 Å². The van der Waals surface area contributed by atoms with Crippen LogP contribution >= 0.6 is 15.9 Å². The first-order chi connectivity index (χ1) is 7.13. The number of pyridine rings is 1. The second kappa shape index (κ2) is 7.40. The van der Waals surface area contributed by atoms with Gasteiger partial charge in [-0.05, 0) is 29.8 Å². The van der Waals surface area contributed by atoms with Gasteiger partial charge in [0.1, 0.15) is 0 Å². The van der Waals surface area contributed by atoms with Gasteiger partial charge in [-0.2, -0.15) is 0 Å². The predicted molar refractivity (Wildman–Crippen MR) is 64.4 cm³/mol. The van der Waals surface area contributed by atoms with Gasteiger partial charge < -0.3 is 4.74 Å². The number of aromatic nitrogens is 1. The Labute approximate surface area is 99.0 Å². The normalized spacial score (nSPS) is 9.20. The summed E-state index contributed by atoms with van der Waals surface area (Å²) in [6.07, 6.45) is 2.38. The summed E-state index contributed by atoms with van der Waals surface area (Å²) in [7, 11) is 0. The van der Waals surface area contributed by atoms with Gasteiger partial charge in [0.2, 0.25) is 5.88 Å². The van der Waals surface area contributed by atoms with Gasteiger partial charge in [-0.3, -0.25) is 4.79 Å². The topological polar surface area (TPSA) is 39.2 Å². The number of nitrogens with zero attached hydrogens (tertiary/aromatic N) is 1. The molecule has 0 saturated carbocycles. The van der Waals surface area contributed by atoms with E-state index in [0.29, 0.717) is 15.9 Å². The molecule has 0 fully saturated rings. The fourth-order valence-corrected chi connectivity index (χ4v) is 1.14. The molecule has 0 aromatic carbocycles. The van der Waals surface area contributed by atoms with Gasteiger partial charge in [0.15, 0.2) is 6.29 Å². The van der Waals surface area contributed by atoms with Gasteiger partial charge in [-0.1, -0.05) is 13.8 Å². The molecule has 4 heteroatoms. The van der Waals surface area contributed by atoms with Gasteiger partial charge in [0.25, 0.3) is 0 Å². The molecule has 0 aliphatic rings. The molecule has 0 aliphatic carbocycles. The summed E-state index contributed by atoms with van der Waals surface area (Å²) in [4.78, 5) is 14.6. The summed E-state index contributed by atoms with van der Waals surface area (Å²) in [5, 5.41) is 0. The summed E-state index contributed by atoms with van der Waals surface area (Å²) < 4.78 is 6.00. The second-order valence-corrected chi connectivity index (χ2v) is 3.68. The van der Waals surface area contributed by atoms with Crippen LogP contribution in [0.3, 0.4) is 0 Å². The van der Waals surface area contributed by atoms with Crippen molar-refractivity contribution in [2.24, 2.45) is 0 Å². The van der Waals surface area contributed by atoms with E-state index in [4.69, 9.17) is 4.74 Å². The highest BCUT2D eigenvalue weighted by molar-refractivity contribution is 9.10. The number of ether oxygens (including phenoxy) is 1. The average molecular weight is 274 g/mol. The van der Waals surface area contributed by atoms with Crippen LogP contribution < -0.4 is 4.74 Å². The average Bonchev–Trinajstić information content (AvgIpc) is 2.23. The lowest BCUT2D eigenvalue weighted by atomic mass is 10.3. The molecule has 0 aliphatic heterocycles. The van der Waals surface area contributed by atoms with Crippen LogP contribution in [-0.2, 0) is 0 Å². The lowest BCUT2D eigenvalue weighted by Crippen LogP contribution is -2.07. The maximum atomic E-state index is 10.6. The third-order valence-electron chi connectivity index (χ3n) is 1.34. The van der Waals surface area contributed by atoms with Gasteiger partial charge in [-0.15, -0.1) is 0 Å². The molecule has 0 amide bonds. The van der Waals surface area contributed by atoms with E-state index in [1.165, 1.54) is 0 Å². The predicted octanol–water partition coefficient (Wildman–Crippen LogP) is 3.47. The zero-order chi connectivity index (χ0) is 11.8. The third-order valence-corrected chi connectivity index (χ3v) is 2.01. The molecule has 84 valence electrons. The Morgan fingerprint density at radius 1 is 1.47 bits per heavy atom. The monoisotopic (exact) mass is 273 g/mol. The standard InChI is InChI=1S/C9H10BrNO2.C2H6/c1-6(2)13-9-3-7(5-12)8(10)4-11-9;1-2/h3-6H,1-2H3;1-2H3. The minimum absolute atomic E-state index is 0.0631. The van der Waals surface area contributed by atoms with Crippen molar-refractivity contribution in [2.75, 3.05) is 0 Å². The molecular formula is C11H16BrNO2. The zero-order valence-electron chi connectivity index (χ0n) is 9.45. The first-order valence-corrected chi connectivity index (χ1v) is 5.70. The van der Waals surface area contributed by atoms with Crippen LogP contribution in [0.5, 0.6) is 5.88 Å². The Kier molecular flexibility index (Phi) is 6.96. The Hall–Kier alpha value is -0.900. The van der Waals surface area contributed by atoms with Gasteiger partial charge in [0, 0.05) is 22.3 Å². The Balaban J connectivity index is 0.000000921. The molecule has 0 radical (unpaired) electrons. The molecular weight excluding hydrogens is 258 g/mol. The number of halogens is 1. The maximum absolute atomic E-state index is 10.6. The van der Waals surface area contributed by atoms with Crippen molar-refractivity contribution < 1.29 is 9.53 Å². The quantitative estimate of drug-likeness (QED) is 0.792. The number of carbonyl (C=O) groups is 1. The van der Waals surface area contributed by atoms with Crippen molar-refractivity contribution in [3.05, 3.63) is 22.3 Å². The number of hydrogen-bond acceptors (Lipinski definition) is 3. The van der Waals surface area contributed by atoms with E-state index in [9.17, 15) is 4.79 Å². The minimum Gasteiger partial charge on any atom is -0.475 e. The highest BCUT2D eigenvalue weighted by Crippen LogP contribution is 2.18. The molecule has 1 rings (SSSR count). The summed E-state index contributed by atoms with van der Waals surface area (Å²) in [5.74, 6) is 0.473. The van der Waals surface area contributed by atoms with E-state index < -0.39 is 0 Å². The molecule has 0 spiro atoms. The summed E-state index contributed by atoms with van der Waals surface area (Å²) in [6.45, 7) is 7.81. The lowest BCUT2D eigenvalue weighted by molar-refractivity contribution is 0.112. The van der Waals surface area contributed by atoms with E-state index in [2.05, 4.69) is 20.9 Å². The number of hydrogen-bond donors (Lipinski definition) is 0. The number of aldehydes is 1. The Bertz CT molecular complexity index is 313. The van der Waals surface area contributed by atoms with Crippen LogP contribution in [0.2, 0.25) is 0 Å². The number of carbonyl (C=O) groups excluding carboxylic acids is 1. The molecule has 0 atom stereocenters. The van der Waals surface area contributed by atoms with E-state index >= 15 is 0 Å². The fourth-order valence-electron chi connectivity index (χ4n) is 0.830. The highest BCUT2D eigenvalue weighted by Gasteiger charge is 2.03. The van der Waals surface area contributed by atoms with Crippen molar-refractivity contribution in [3.63, 3.8) is 0 Å². The van der Waals surface area contributed by atoms with Crippen molar-refractivity contribution >= 4 is 22.2 Å². The SMILES string of the molecule is CC.CC(C)Oc1cc(C=O)c(Br)cn1. The summed E-state index contributed by atoms with van der Waals surface area (Å²) >= 11 is 3.21. The van der Waals surface area contributed by atoms with E-state index in [1.807, 2.05) is 27.7 Å². The fraction of sp³-hybridized carbons (Fsp3) is 0.455.